The van der Waals surface area contributed by atoms with Gasteiger partial charge in [0.25, 0.3) is 0 Å². The van der Waals surface area contributed by atoms with Gasteiger partial charge in [-0.2, -0.15) is 9.37 Å². The fraction of sp³-hybridized carbons (Fsp3) is 0.500. The molecule has 150 valence electrons. The second-order valence-corrected chi connectivity index (χ2v) is 6.02. The zero-order valence-electron chi connectivity index (χ0n) is 15.2. The number of carbonyl (C=O) groups excluding carboxylic acids is 3. The normalized spacial score (nSPS) is 24.1. The molecule has 0 unspecified atom stereocenters. The molecule has 0 saturated carbocycles. The molecule has 2 aromatic heterocycles. The molecule has 4 atom stereocenters. The lowest BCUT2D eigenvalue weighted by molar-refractivity contribution is -0.166. The van der Waals surface area contributed by atoms with E-state index in [4.69, 9.17) is 18.9 Å². The van der Waals surface area contributed by atoms with Crippen LogP contribution >= 0.6 is 0 Å². The summed E-state index contributed by atoms with van der Waals surface area (Å²) in [4.78, 5) is 45.5. The molecule has 0 bridgehead atoms. The Hall–Kier alpha value is -3.15. The molecule has 1 fully saturated rings. The summed E-state index contributed by atoms with van der Waals surface area (Å²) in [6.45, 7) is 3.31. The van der Waals surface area contributed by atoms with Crippen molar-refractivity contribution in [1.82, 2.24) is 19.5 Å². The average Bonchev–Trinajstić information content (AvgIpc) is 3.14. The second kappa shape index (κ2) is 7.84. The predicted octanol–water partition coefficient (Wildman–Crippen LogP) is 0.289. The average molecular weight is 396 g/mol. The standard InChI is InChI=1S/C16H17FN4O7/c1-7(22)25-5-11-12(26-8(2)23)13(27-9(3)24)15(28-11)21-6-19-10-4-18-16(17)20-14(10)21/h4,6,11-13,15H,5H2,1-3H3/t11-,12-,13+,15-/m1/s1. The lowest BCUT2D eigenvalue weighted by Gasteiger charge is -2.23. The van der Waals surface area contributed by atoms with Crippen molar-refractivity contribution in [2.75, 3.05) is 6.61 Å². The lowest BCUT2D eigenvalue weighted by atomic mass is 10.1. The van der Waals surface area contributed by atoms with E-state index in [1.165, 1.54) is 37.9 Å². The highest BCUT2D eigenvalue weighted by Crippen LogP contribution is 2.35. The highest BCUT2D eigenvalue weighted by Gasteiger charge is 2.51. The van der Waals surface area contributed by atoms with E-state index < -0.39 is 48.5 Å². The number of nitrogens with zero attached hydrogens (tertiary/aromatic N) is 4. The molecule has 0 aromatic carbocycles. The first kappa shape index (κ1) is 19.6. The van der Waals surface area contributed by atoms with Crippen molar-refractivity contribution >= 4 is 29.1 Å². The molecule has 3 heterocycles. The minimum atomic E-state index is -1.11. The van der Waals surface area contributed by atoms with E-state index in [1.54, 1.807) is 0 Å². The van der Waals surface area contributed by atoms with Crippen LogP contribution in [-0.2, 0) is 33.3 Å². The van der Waals surface area contributed by atoms with Gasteiger partial charge in [0, 0.05) is 20.8 Å². The van der Waals surface area contributed by atoms with Crippen LogP contribution in [0.3, 0.4) is 0 Å². The summed E-state index contributed by atoms with van der Waals surface area (Å²) in [5, 5.41) is 0. The molecule has 12 heteroatoms. The van der Waals surface area contributed by atoms with Crippen LogP contribution in [0.1, 0.15) is 27.0 Å². The van der Waals surface area contributed by atoms with Crippen LogP contribution in [-0.4, -0.2) is 62.3 Å². The quantitative estimate of drug-likeness (QED) is 0.394. The summed E-state index contributed by atoms with van der Waals surface area (Å²) >= 11 is 0. The number of esters is 3. The van der Waals surface area contributed by atoms with E-state index in [0.717, 1.165) is 0 Å². The molecule has 2 aromatic rings. The van der Waals surface area contributed by atoms with Gasteiger partial charge in [-0.15, -0.1) is 0 Å². The van der Waals surface area contributed by atoms with Gasteiger partial charge in [0.15, 0.2) is 24.1 Å². The zero-order chi connectivity index (χ0) is 20.4. The van der Waals surface area contributed by atoms with Crippen LogP contribution in [0.25, 0.3) is 11.2 Å². The Morgan fingerprint density at radius 1 is 1.11 bits per heavy atom. The van der Waals surface area contributed by atoms with Crippen molar-refractivity contribution in [2.24, 2.45) is 0 Å². The van der Waals surface area contributed by atoms with Crippen LogP contribution < -0.4 is 0 Å². The van der Waals surface area contributed by atoms with Crippen LogP contribution in [0.4, 0.5) is 4.39 Å². The summed E-state index contributed by atoms with van der Waals surface area (Å²) < 4.78 is 36.2. The molecule has 11 nitrogen and oxygen atoms in total. The minimum absolute atomic E-state index is 0.0874. The SMILES string of the molecule is CC(=O)OC[C@H]1O[C@@H](n2cnc3cnc(F)nc32)[C@@H](OC(C)=O)[C@@H]1OC(C)=O. The maximum absolute atomic E-state index is 13.5. The van der Waals surface area contributed by atoms with Crippen molar-refractivity contribution in [3.63, 3.8) is 0 Å². The minimum Gasteiger partial charge on any atom is -0.463 e. The van der Waals surface area contributed by atoms with Crippen LogP contribution in [0, 0.1) is 6.08 Å². The third-order valence-electron chi connectivity index (χ3n) is 3.90. The van der Waals surface area contributed by atoms with Crippen molar-refractivity contribution in [3.8, 4) is 0 Å². The molecule has 0 radical (unpaired) electrons. The van der Waals surface area contributed by atoms with Gasteiger partial charge < -0.3 is 18.9 Å². The molecule has 0 amide bonds. The fourth-order valence-corrected chi connectivity index (χ4v) is 2.91. The Kier molecular flexibility index (Phi) is 5.49. The monoisotopic (exact) mass is 396 g/mol. The lowest BCUT2D eigenvalue weighted by Crippen LogP contribution is -2.40. The summed E-state index contributed by atoms with van der Waals surface area (Å²) in [7, 11) is 0. The largest absolute Gasteiger partial charge is 0.463 e. The number of halogens is 1. The molecule has 0 spiro atoms. The molecule has 1 aliphatic heterocycles. The number of hydrogen-bond acceptors (Lipinski definition) is 10. The van der Waals surface area contributed by atoms with E-state index in [9.17, 15) is 18.8 Å². The van der Waals surface area contributed by atoms with E-state index in [0.29, 0.717) is 0 Å². The van der Waals surface area contributed by atoms with Gasteiger partial charge in [-0.3, -0.25) is 19.0 Å². The van der Waals surface area contributed by atoms with Gasteiger partial charge in [0.2, 0.25) is 0 Å². The Bertz CT molecular complexity index is 918. The van der Waals surface area contributed by atoms with Gasteiger partial charge in [-0.05, 0) is 0 Å². The molecule has 1 saturated heterocycles. The van der Waals surface area contributed by atoms with E-state index in [-0.39, 0.29) is 17.8 Å². The van der Waals surface area contributed by atoms with Crippen LogP contribution in [0.5, 0.6) is 0 Å². The van der Waals surface area contributed by atoms with E-state index in [2.05, 4.69) is 15.0 Å². The summed E-state index contributed by atoms with van der Waals surface area (Å²) in [6, 6.07) is 0. The summed E-state index contributed by atoms with van der Waals surface area (Å²) in [6.07, 6.45) is -2.68. The van der Waals surface area contributed by atoms with Gasteiger partial charge in [0.05, 0.1) is 12.5 Å². The number of aromatic nitrogens is 4. The van der Waals surface area contributed by atoms with E-state index >= 15 is 0 Å². The number of hydrogen-bond donors (Lipinski definition) is 0. The Balaban J connectivity index is 2.00. The smallest absolute Gasteiger partial charge is 0.310 e. The topological polar surface area (TPSA) is 132 Å². The van der Waals surface area contributed by atoms with E-state index in [1.807, 2.05) is 0 Å². The van der Waals surface area contributed by atoms with Crippen LogP contribution in [0.15, 0.2) is 12.5 Å². The van der Waals surface area contributed by atoms with Crippen molar-refractivity contribution < 1.29 is 37.7 Å². The fourth-order valence-electron chi connectivity index (χ4n) is 2.91. The maximum Gasteiger partial charge on any atom is 0.310 e. The van der Waals surface area contributed by atoms with Crippen molar-refractivity contribution in [2.45, 2.75) is 45.3 Å². The molecule has 0 N–H and O–H groups in total. The summed E-state index contributed by atoms with van der Waals surface area (Å²) in [5.74, 6) is -1.88. The number of rotatable bonds is 5. The Labute approximate surface area is 157 Å². The van der Waals surface area contributed by atoms with Crippen molar-refractivity contribution in [1.29, 1.82) is 0 Å². The van der Waals surface area contributed by atoms with Gasteiger partial charge in [0.1, 0.15) is 18.2 Å². The van der Waals surface area contributed by atoms with Gasteiger partial charge in [-0.1, -0.05) is 0 Å². The molecular formula is C16H17FN4O7. The number of fused-ring (bicyclic) bond motifs is 1. The summed E-state index contributed by atoms with van der Waals surface area (Å²) in [5.41, 5.74) is 0.364. The first-order valence-electron chi connectivity index (χ1n) is 8.24. The molecular weight excluding hydrogens is 379 g/mol. The number of imidazole rings is 1. The first-order chi connectivity index (χ1) is 13.3. The Morgan fingerprint density at radius 3 is 2.43 bits per heavy atom. The molecule has 0 aliphatic carbocycles. The first-order valence-corrected chi connectivity index (χ1v) is 8.24. The predicted molar refractivity (Wildman–Crippen MR) is 86.9 cm³/mol. The number of carbonyl (C=O) groups is 3. The van der Waals surface area contributed by atoms with Gasteiger partial charge in [-0.25, -0.2) is 9.97 Å². The van der Waals surface area contributed by atoms with Crippen molar-refractivity contribution in [3.05, 3.63) is 18.6 Å². The maximum atomic E-state index is 13.5. The molecule has 28 heavy (non-hydrogen) atoms. The third-order valence-corrected chi connectivity index (χ3v) is 3.90. The molecule has 3 rings (SSSR count). The third kappa shape index (κ3) is 4.06. The van der Waals surface area contributed by atoms with Gasteiger partial charge >= 0.3 is 24.0 Å². The molecule has 1 aliphatic rings. The zero-order valence-corrected chi connectivity index (χ0v) is 15.2. The van der Waals surface area contributed by atoms with Crippen LogP contribution in [0.2, 0.25) is 0 Å². The highest BCUT2D eigenvalue weighted by atomic mass is 19.1. The number of ether oxygens (including phenoxy) is 4. The second-order valence-electron chi connectivity index (χ2n) is 6.02. The Morgan fingerprint density at radius 2 is 1.79 bits per heavy atom. The highest BCUT2D eigenvalue weighted by molar-refractivity contribution is 5.70.